The Labute approximate surface area is 118 Å². The highest BCUT2D eigenvalue weighted by molar-refractivity contribution is 9.10. The molecule has 94 valence electrons. The monoisotopic (exact) mass is 314 g/mol. The van der Waals surface area contributed by atoms with Crippen molar-refractivity contribution in [3.63, 3.8) is 0 Å². The molecule has 1 aromatic carbocycles. The summed E-state index contributed by atoms with van der Waals surface area (Å²) < 4.78 is 0.853. The first-order chi connectivity index (χ1) is 9.24. The number of nitrogens with two attached hydrogens (primary N) is 1. The van der Waals surface area contributed by atoms with E-state index < -0.39 is 0 Å². The second kappa shape index (κ2) is 4.85. The Morgan fingerprint density at radius 2 is 1.95 bits per heavy atom. The van der Waals surface area contributed by atoms with E-state index in [1.54, 1.807) is 12.4 Å². The van der Waals surface area contributed by atoms with Crippen molar-refractivity contribution < 1.29 is 0 Å². The van der Waals surface area contributed by atoms with Crippen LogP contribution in [0, 0.1) is 0 Å². The molecule has 0 fully saturated rings. The van der Waals surface area contributed by atoms with Crippen molar-refractivity contribution in [1.82, 2.24) is 9.97 Å². The smallest absolute Gasteiger partial charge is 0.153 e. The Morgan fingerprint density at radius 1 is 1.11 bits per heavy atom. The maximum Gasteiger partial charge on any atom is 0.153 e. The summed E-state index contributed by atoms with van der Waals surface area (Å²) >= 11 is 3.34. The first-order valence-corrected chi connectivity index (χ1v) is 6.55. The van der Waals surface area contributed by atoms with E-state index in [1.807, 2.05) is 36.4 Å². The van der Waals surface area contributed by atoms with Crippen molar-refractivity contribution in [2.24, 2.45) is 0 Å². The predicted molar refractivity (Wildman–Crippen MR) is 81.4 cm³/mol. The molecule has 0 bridgehead atoms. The molecular weight excluding hydrogens is 304 g/mol. The summed E-state index contributed by atoms with van der Waals surface area (Å²) in [4.78, 5) is 8.65. The van der Waals surface area contributed by atoms with E-state index >= 15 is 0 Å². The number of nitrogens with zero attached hydrogens (tertiary/aromatic N) is 2. The molecule has 0 unspecified atom stereocenters. The van der Waals surface area contributed by atoms with Crippen molar-refractivity contribution in [1.29, 1.82) is 0 Å². The van der Waals surface area contributed by atoms with E-state index in [0.29, 0.717) is 11.5 Å². The van der Waals surface area contributed by atoms with Crippen LogP contribution < -0.4 is 11.1 Å². The molecule has 0 aliphatic rings. The third-order valence-corrected chi connectivity index (χ3v) is 3.20. The molecule has 19 heavy (non-hydrogen) atoms. The minimum Gasteiger partial charge on any atom is -0.396 e. The van der Waals surface area contributed by atoms with Gasteiger partial charge in [0.1, 0.15) is 0 Å². The van der Waals surface area contributed by atoms with Crippen LogP contribution in [0.5, 0.6) is 0 Å². The van der Waals surface area contributed by atoms with Gasteiger partial charge in [-0.05, 0) is 34.1 Å². The normalized spacial score (nSPS) is 10.6. The molecule has 3 N–H and O–H groups in total. The highest BCUT2D eigenvalue weighted by atomic mass is 79.9. The molecule has 0 atom stereocenters. The minimum atomic E-state index is 0.585. The second-order valence-corrected chi connectivity index (χ2v) is 5.01. The molecule has 0 spiro atoms. The standard InChI is InChI=1S/C14H11BrN4/c15-10-7-11(16)14(18-8-10)19-12-5-1-3-9-4-2-6-17-13(9)12/h1-8H,16H2,(H,18,19). The molecule has 2 heterocycles. The number of anilines is 3. The van der Waals surface area contributed by atoms with Crippen molar-refractivity contribution in [2.45, 2.75) is 0 Å². The minimum absolute atomic E-state index is 0.585. The van der Waals surface area contributed by atoms with Gasteiger partial charge in [0.15, 0.2) is 5.82 Å². The second-order valence-electron chi connectivity index (χ2n) is 4.10. The van der Waals surface area contributed by atoms with Crippen LogP contribution in [0.2, 0.25) is 0 Å². The molecule has 0 saturated carbocycles. The van der Waals surface area contributed by atoms with Gasteiger partial charge in [0.05, 0.1) is 16.9 Å². The number of fused-ring (bicyclic) bond motifs is 1. The van der Waals surface area contributed by atoms with Crippen molar-refractivity contribution >= 4 is 44.0 Å². The number of para-hydroxylation sites is 1. The van der Waals surface area contributed by atoms with Crippen LogP contribution in [-0.2, 0) is 0 Å². The van der Waals surface area contributed by atoms with Crippen LogP contribution in [0.3, 0.4) is 0 Å². The highest BCUT2D eigenvalue weighted by Crippen LogP contribution is 2.27. The van der Waals surface area contributed by atoms with Gasteiger partial charge in [-0.2, -0.15) is 0 Å². The molecule has 0 radical (unpaired) electrons. The van der Waals surface area contributed by atoms with Crippen LogP contribution in [0.15, 0.2) is 53.3 Å². The first-order valence-electron chi connectivity index (χ1n) is 5.76. The zero-order chi connectivity index (χ0) is 13.2. The third-order valence-electron chi connectivity index (χ3n) is 2.77. The first kappa shape index (κ1) is 11.9. The zero-order valence-corrected chi connectivity index (χ0v) is 11.6. The average Bonchev–Trinajstić information content (AvgIpc) is 2.42. The lowest BCUT2D eigenvalue weighted by molar-refractivity contribution is 1.29. The van der Waals surface area contributed by atoms with Gasteiger partial charge in [-0.1, -0.05) is 18.2 Å². The molecular formula is C14H11BrN4. The Bertz CT molecular complexity index is 737. The van der Waals surface area contributed by atoms with Gasteiger partial charge in [0.25, 0.3) is 0 Å². The van der Waals surface area contributed by atoms with Crippen molar-refractivity contribution in [3.8, 4) is 0 Å². The number of aromatic nitrogens is 2. The Balaban J connectivity index is 2.06. The number of nitrogens with one attached hydrogen (secondary N) is 1. The SMILES string of the molecule is Nc1cc(Br)cnc1Nc1cccc2cccnc12. The Kier molecular flexibility index (Phi) is 3.05. The molecule has 0 aliphatic carbocycles. The van der Waals surface area contributed by atoms with Gasteiger partial charge < -0.3 is 11.1 Å². The maximum absolute atomic E-state index is 5.94. The van der Waals surface area contributed by atoms with Gasteiger partial charge in [-0.25, -0.2) is 4.98 Å². The van der Waals surface area contributed by atoms with E-state index in [0.717, 1.165) is 21.1 Å². The van der Waals surface area contributed by atoms with Crippen LogP contribution in [0.4, 0.5) is 17.2 Å². The van der Waals surface area contributed by atoms with Gasteiger partial charge in [-0.3, -0.25) is 4.98 Å². The van der Waals surface area contributed by atoms with E-state index in [-0.39, 0.29) is 0 Å². The maximum atomic E-state index is 5.94. The molecule has 0 amide bonds. The van der Waals surface area contributed by atoms with Gasteiger partial charge in [-0.15, -0.1) is 0 Å². The van der Waals surface area contributed by atoms with E-state index in [1.165, 1.54) is 0 Å². The van der Waals surface area contributed by atoms with E-state index in [2.05, 4.69) is 31.2 Å². The number of rotatable bonds is 2. The summed E-state index contributed by atoms with van der Waals surface area (Å²) in [6, 6.07) is 11.7. The number of nitrogen functional groups attached to an aromatic ring is 1. The number of hydrogen-bond acceptors (Lipinski definition) is 4. The van der Waals surface area contributed by atoms with Crippen molar-refractivity contribution in [2.75, 3.05) is 11.1 Å². The average molecular weight is 315 g/mol. The number of pyridine rings is 2. The molecule has 4 nitrogen and oxygen atoms in total. The van der Waals surface area contributed by atoms with Crippen LogP contribution in [0.25, 0.3) is 10.9 Å². The summed E-state index contributed by atoms with van der Waals surface area (Å²) in [7, 11) is 0. The quantitative estimate of drug-likeness (QED) is 0.756. The highest BCUT2D eigenvalue weighted by Gasteiger charge is 2.05. The number of hydrogen-bond donors (Lipinski definition) is 2. The zero-order valence-electron chi connectivity index (χ0n) is 9.97. The van der Waals surface area contributed by atoms with Crippen LogP contribution in [-0.4, -0.2) is 9.97 Å². The van der Waals surface area contributed by atoms with Crippen LogP contribution in [0.1, 0.15) is 0 Å². The fraction of sp³-hybridized carbons (Fsp3) is 0. The lowest BCUT2D eigenvalue weighted by Gasteiger charge is -2.10. The summed E-state index contributed by atoms with van der Waals surface area (Å²) in [5.41, 5.74) is 8.31. The predicted octanol–water partition coefficient (Wildman–Crippen LogP) is 3.72. The Morgan fingerprint density at radius 3 is 2.79 bits per heavy atom. The largest absolute Gasteiger partial charge is 0.396 e. The summed E-state index contributed by atoms with van der Waals surface area (Å²) in [5, 5.41) is 4.30. The van der Waals surface area contributed by atoms with E-state index in [4.69, 9.17) is 5.73 Å². The van der Waals surface area contributed by atoms with Gasteiger partial charge in [0.2, 0.25) is 0 Å². The topological polar surface area (TPSA) is 63.8 Å². The molecule has 0 saturated heterocycles. The van der Waals surface area contributed by atoms with Crippen molar-refractivity contribution in [3.05, 3.63) is 53.3 Å². The number of benzene rings is 1. The molecule has 5 heteroatoms. The molecule has 0 aliphatic heterocycles. The lowest BCUT2D eigenvalue weighted by atomic mass is 10.2. The van der Waals surface area contributed by atoms with Crippen LogP contribution >= 0.6 is 15.9 Å². The van der Waals surface area contributed by atoms with E-state index in [9.17, 15) is 0 Å². The third kappa shape index (κ3) is 2.37. The summed E-state index contributed by atoms with van der Waals surface area (Å²) in [6.07, 6.45) is 3.48. The fourth-order valence-electron chi connectivity index (χ4n) is 1.89. The summed E-state index contributed by atoms with van der Waals surface area (Å²) in [5.74, 6) is 0.626. The lowest BCUT2D eigenvalue weighted by Crippen LogP contribution is -2.00. The Hall–Kier alpha value is -2.14. The number of halogens is 1. The molecule has 3 aromatic rings. The molecule has 2 aromatic heterocycles. The fourth-order valence-corrected chi connectivity index (χ4v) is 2.24. The van der Waals surface area contributed by atoms with Gasteiger partial charge in [0, 0.05) is 22.3 Å². The summed E-state index contributed by atoms with van der Waals surface area (Å²) in [6.45, 7) is 0. The molecule has 3 rings (SSSR count). The van der Waals surface area contributed by atoms with Gasteiger partial charge >= 0.3 is 0 Å².